The molecule has 1 aromatic rings. The van der Waals surface area contributed by atoms with Crippen LogP contribution in [0.25, 0.3) is 10.4 Å². The first-order chi connectivity index (χ1) is 10.1. The van der Waals surface area contributed by atoms with Gasteiger partial charge >= 0.3 is 5.97 Å². The molecular weight excluding hydrogens is 340 g/mol. The molecule has 0 aliphatic carbocycles. The van der Waals surface area contributed by atoms with Crippen LogP contribution in [0.4, 0.5) is 5.69 Å². The van der Waals surface area contributed by atoms with E-state index in [1.165, 1.54) is 12.0 Å². The van der Waals surface area contributed by atoms with Gasteiger partial charge in [0.05, 0.1) is 18.4 Å². The lowest BCUT2D eigenvalue weighted by atomic mass is 10.1. The maximum absolute atomic E-state index is 12.2. The Balaban J connectivity index is 2.35. The lowest BCUT2D eigenvalue weighted by Crippen LogP contribution is -2.27. The van der Waals surface area contributed by atoms with Crippen molar-refractivity contribution in [2.75, 3.05) is 25.1 Å². The molecule has 1 heterocycles. The number of azide groups is 1. The van der Waals surface area contributed by atoms with Crippen LogP contribution < -0.4 is 4.90 Å². The Hall–Kier alpha value is -2.05. The maximum Gasteiger partial charge on any atom is 0.340 e. The second kappa shape index (κ2) is 6.60. The van der Waals surface area contributed by atoms with Gasteiger partial charge in [0.25, 0.3) is 0 Å². The summed E-state index contributed by atoms with van der Waals surface area (Å²) < 4.78 is 5.40. The van der Waals surface area contributed by atoms with Crippen molar-refractivity contribution in [3.05, 3.63) is 38.7 Å². The van der Waals surface area contributed by atoms with E-state index in [9.17, 15) is 9.59 Å². The monoisotopic (exact) mass is 352 g/mol. The first-order valence-electron chi connectivity index (χ1n) is 6.26. The molecule has 21 heavy (non-hydrogen) atoms. The predicted octanol–water partition coefficient (Wildman–Crippen LogP) is 2.90. The number of benzene rings is 1. The van der Waals surface area contributed by atoms with Crippen molar-refractivity contribution in [1.82, 2.24) is 0 Å². The molecule has 1 unspecified atom stereocenters. The molecule has 0 saturated carbocycles. The van der Waals surface area contributed by atoms with Crippen molar-refractivity contribution in [3.8, 4) is 0 Å². The molecule has 1 fully saturated rings. The number of para-hydroxylation sites is 1. The highest BCUT2D eigenvalue weighted by Crippen LogP contribution is 2.35. The van der Waals surface area contributed by atoms with Crippen LogP contribution in [-0.2, 0) is 9.53 Å². The molecule has 1 saturated heterocycles. The third-order valence-electron chi connectivity index (χ3n) is 3.27. The van der Waals surface area contributed by atoms with Gasteiger partial charge in [0.15, 0.2) is 0 Å². The average molecular weight is 353 g/mol. The van der Waals surface area contributed by atoms with Gasteiger partial charge in [0.2, 0.25) is 5.91 Å². The Morgan fingerprint density at radius 3 is 3.05 bits per heavy atom. The number of methoxy groups -OCH3 is 1. The highest BCUT2D eigenvalue weighted by molar-refractivity contribution is 9.10. The molecular formula is C13H13BrN4O3. The number of carbonyl (C=O) groups is 2. The quantitative estimate of drug-likeness (QED) is 0.360. The van der Waals surface area contributed by atoms with Gasteiger partial charge in [-0.25, -0.2) is 4.79 Å². The molecule has 8 heteroatoms. The van der Waals surface area contributed by atoms with Gasteiger partial charge < -0.3 is 9.64 Å². The number of hydrogen-bond donors (Lipinski definition) is 0. The minimum atomic E-state index is -0.502. The number of carbonyl (C=O) groups excluding carboxylic acids is 2. The first kappa shape index (κ1) is 15.3. The Morgan fingerprint density at radius 1 is 1.62 bits per heavy atom. The Kier molecular flexibility index (Phi) is 4.82. The lowest BCUT2D eigenvalue weighted by molar-refractivity contribution is -0.117. The van der Waals surface area contributed by atoms with E-state index < -0.39 is 5.97 Å². The number of rotatable bonds is 4. The summed E-state index contributed by atoms with van der Waals surface area (Å²) in [4.78, 5) is 28.3. The van der Waals surface area contributed by atoms with Gasteiger partial charge in [-0.15, -0.1) is 0 Å². The molecule has 1 amide bonds. The number of esters is 1. The zero-order valence-electron chi connectivity index (χ0n) is 11.3. The fourth-order valence-corrected chi connectivity index (χ4v) is 2.92. The smallest absolute Gasteiger partial charge is 0.340 e. The fourth-order valence-electron chi connectivity index (χ4n) is 2.34. The van der Waals surface area contributed by atoms with Crippen LogP contribution in [-0.4, -0.2) is 32.1 Å². The summed E-state index contributed by atoms with van der Waals surface area (Å²) in [6.45, 7) is 0.668. The molecule has 2 rings (SSSR count). The Morgan fingerprint density at radius 2 is 2.38 bits per heavy atom. The molecule has 1 aromatic carbocycles. The number of halogens is 1. The van der Waals surface area contributed by atoms with Gasteiger partial charge in [0, 0.05) is 28.9 Å². The summed E-state index contributed by atoms with van der Waals surface area (Å²) in [6, 6.07) is 5.08. The lowest BCUT2D eigenvalue weighted by Gasteiger charge is -2.21. The average Bonchev–Trinajstić information content (AvgIpc) is 2.84. The van der Waals surface area contributed by atoms with Gasteiger partial charge in [-0.05, 0) is 39.5 Å². The minimum absolute atomic E-state index is 0.0500. The van der Waals surface area contributed by atoms with E-state index in [0.29, 0.717) is 28.7 Å². The largest absolute Gasteiger partial charge is 0.465 e. The van der Waals surface area contributed by atoms with E-state index >= 15 is 0 Å². The van der Waals surface area contributed by atoms with Crippen LogP contribution in [0.15, 0.2) is 27.8 Å². The number of ether oxygens (including phenoxy) is 1. The summed E-state index contributed by atoms with van der Waals surface area (Å²) in [6.07, 6.45) is 0.293. The van der Waals surface area contributed by atoms with Crippen molar-refractivity contribution in [3.63, 3.8) is 0 Å². The molecule has 7 nitrogen and oxygen atoms in total. The molecule has 1 aliphatic rings. The van der Waals surface area contributed by atoms with E-state index in [4.69, 9.17) is 10.3 Å². The van der Waals surface area contributed by atoms with Crippen molar-refractivity contribution >= 4 is 33.5 Å². The van der Waals surface area contributed by atoms with Crippen molar-refractivity contribution in [2.45, 2.75) is 6.42 Å². The van der Waals surface area contributed by atoms with Crippen molar-refractivity contribution in [2.24, 2.45) is 11.0 Å². The summed E-state index contributed by atoms with van der Waals surface area (Å²) in [5.41, 5.74) is 9.18. The predicted molar refractivity (Wildman–Crippen MR) is 80.0 cm³/mol. The summed E-state index contributed by atoms with van der Waals surface area (Å²) >= 11 is 3.37. The van der Waals surface area contributed by atoms with Gasteiger partial charge in [-0.3, -0.25) is 4.79 Å². The summed E-state index contributed by atoms with van der Waals surface area (Å²) in [7, 11) is 1.29. The fraction of sp³-hybridized carbons (Fsp3) is 0.385. The second-order valence-electron chi connectivity index (χ2n) is 4.62. The van der Waals surface area contributed by atoms with Crippen LogP contribution in [0.5, 0.6) is 0 Å². The van der Waals surface area contributed by atoms with Crippen molar-refractivity contribution < 1.29 is 14.3 Å². The van der Waals surface area contributed by atoms with Crippen LogP contribution >= 0.6 is 15.9 Å². The number of nitrogens with zero attached hydrogens (tertiary/aromatic N) is 4. The van der Waals surface area contributed by atoms with E-state index in [1.54, 1.807) is 18.2 Å². The van der Waals surface area contributed by atoms with Crippen LogP contribution in [0.2, 0.25) is 0 Å². The van der Waals surface area contributed by atoms with Gasteiger partial charge in [0.1, 0.15) is 0 Å². The third kappa shape index (κ3) is 3.17. The summed E-state index contributed by atoms with van der Waals surface area (Å²) in [5, 5.41) is 3.51. The SMILES string of the molecule is COC(=O)c1cccc(Br)c1N1CC(CN=[N+]=[N-])CC1=O. The molecule has 0 bridgehead atoms. The van der Waals surface area contributed by atoms with Crippen LogP contribution in [0, 0.1) is 5.92 Å². The molecule has 0 N–H and O–H groups in total. The second-order valence-corrected chi connectivity index (χ2v) is 5.47. The summed E-state index contributed by atoms with van der Waals surface area (Å²) in [5.74, 6) is -0.659. The van der Waals surface area contributed by atoms with E-state index in [2.05, 4.69) is 26.0 Å². The Labute approximate surface area is 129 Å². The molecule has 110 valence electrons. The molecule has 1 atom stereocenters. The van der Waals surface area contributed by atoms with E-state index in [0.717, 1.165) is 0 Å². The van der Waals surface area contributed by atoms with Crippen molar-refractivity contribution in [1.29, 1.82) is 0 Å². The molecule has 0 spiro atoms. The molecule has 0 radical (unpaired) electrons. The minimum Gasteiger partial charge on any atom is -0.465 e. The normalized spacial score (nSPS) is 17.5. The highest BCUT2D eigenvalue weighted by Gasteiger charge is 2.33. The van der Waals surface area contributed by atoms with Gasteiger partial charge in [-0.1, -0.05) is 11.2 Å². The molecule has 1 aliphatic heterocycles. The molecule has 0 aromatic heterocycles. The van der Waals surface area contributed by atoms with Crippen LogP contribution in [0.1, 0.15) is 16.8 Å². The highest BCUT2D eigenvalue weighted by atomic mass is 79.9. The van der Waals surface area contributed by atoms with Gasteiger partial charge in [-0.2, -0.15) is 0 Å². The number of anilines is 1. The van der Waals surface area contributed by atoms with E-state index in [-0.39, 0.29) is 18.4 Å². The van der Waals surface area contributed by atoms with E-state index in [1.807, 2.05) is 0 Å². The Bertz CT molecular complexity index is 628. The number of hydrogen-bond acceptors (Lipinski definition) is 4. The first-order valence-corrected chi connectivity index (χ1v) is 7.05. The third-order valence-corrected chi connectivity index (χ3v) is 3.91. The maximum atomic E-state index is 12.2. The topological polar surface area (TPSA) is 95.4 Å². The van der Waals surface area contributed by atoms with Crippen LogP contribution in [0.3, 0.4) is 0 Å². The zero-order chi connectivity index (χ0) is 15.4. The standard InChI is InChI=1S/C13H13BrN4O3/c1-21-13(20)9-3-2-4-10(14)12(9)18-7-8(5-11(18)19)6-16-17-15/h2-4,8H,5-7H2,1H3. The zero-order valence-corrected chi connectivity index (χ0v) is 12.9. The number of amides is 1.